The molecule has 2 heterocycles. The van der Waals surface area contributed by atoms with E-state index in [1.807, 2.05) is 5.38 Å². The van der Waals surface area contributed by atoms with E-state index in [-0.39, 0.29) is 34.2 Å². The van der Waals surface area contributed by atoms with Crippen LogP contribution in [0.3, 0.4) is 0 Å². The molecule has 0 saturated carbocycles. The topological polar surface area (TPSA) is 284 Å². The Balaban J connectivity index is 0.000000270. The normalized spacial score (nSPS) is 10.0. The van der Waals surface area contributed by atoms with Crippen LogP contribution >= 0.6 is 22.7 Å². The molecule has 0 saturated heterocycles. The van der Waals surface area contributed by atoms with Crippen molar-refractivity contribution in [1.29, 1.82) is 5.26 Å². The number of carbonyl (C=O) groups is 3. The van der Waals surface area contributed by atoms with Gasteiger partial charge in [-0.3, -0.25) is 39.9 Å². The first-order valence-corrected chi connectivity index (χ1v) is 14.0. The lowest BCUT2D eigenvalue weighted by molar-refractivity contribution is -0.386. The standard InChI is InChI=1S/C13H8N4O5S.C7H6N2OS.C7H5NO5/c14-6-8(12(20)16-13-15-1-2-23-13)3-7-4-9(17(21)22)11(19)10(18)5-7;1-8-5-6(10)4-7-9-2-3-11-7;9-3-4-1-5(8(12)13)7(11)6(10)2-4/h1-5,18-19H,(H,15,16,20);2-3H,4-5H2;1-3,10-11H/b8-3+;;. The second-order valence-corrected chi connectivity index (χ2v) is 10.2. The number of anilines is 1. The maximum atomic E-state index is 11.9. The van der Waals surface area contributed by atoms with E-state index in [1.165, 1.54) is 17.5 Å². The number of thiazole rings is 2. The minimum absolute atomic E-state index is 0.0119. The van der Waals surface area contributed by atoms with Gasteiger partial charge < -0.3 is 25.3 Å². The summed E-state index contributed by atoms with van der Waals surface area (Å²) in [6.45, 7) is 6.42. The summed E-state index contributed by atoms with van der Waals surface area (Å²) in [5, 5.41) is 73.8. The van der Waals surface area contributed by atoms with Crippen LogP contribution in [-0.2, 0) is 16.0 Å². The molecular weight excluding hydrogens is 662 g/mol. The molecule has 1 amide bonds. The highest BCUT2D eigenvalue weighted by molar-refractivity contribution is 7.13. The fraction of sp³-hybridized carbons (Fsp3) is 0.0741. The number of nitriles is 1. The van der Waals surface area contributed by atoms with Gasteiger partial charge in [0, 0.05) is 40.8 Å². The third-order valence-electron chi connectivity index (χ3n) is 5.13. The average molecular weight is 682 g/mol. The summed E-state index contributed by atoms with van der Waals surface area (Å²) in [7, 11) is 0. The number of nitrogens with zero attached hydrogens (tertiary/aromatic N) is 6. The molecule has 240 valence electrons. The number of phenolic OH excluding ortho intramolecular Hbond substituents is 4. The van der Waals surface area contributed by atoms with Gasteiger partial charge in [0.05, 0.1) is 16.3 Å². The van der Waals surface area contributed by atoms with E-state index in [0.717, 1.165) is 46.7 Å². The maximum Gasteiger partial charge on any atom is 0.315 e. The van der Waals surface area contributed by atoms with Gasteiger partial charge in [-0.15, -0.1) is 22.7 Å². The molecule has 0 radical (unpaired) electrons. The third-order valence-corrected chi connectivity index (χ3v) is 6.60. The van der Waals surface area contributed by atoms with Gasteiger partial charge in [-0.25, -0.2) is 16.5 Å². The number of nitrogens with one attached hydrogen (secondary N) is 1. The van der Waals surface area contributed by atoms with Gasteiger partial charge in [0.15, 0.2) is 16.6 Å². The molecule has 0 atom stereocenters. The maximum absolute atomic E-state index is 11.9. The fourth-order valence-electron chi connectivity index (χ4n) is 3.10. The lowest BCUT2D eigenvalue weighted by atomic mass is 10.1. The smallest absolute Gasteiger partial charge is 0.315 e. The van der Waals surface area contributed by atoms with E-state index in [2.05, 4.69) is 20.1 Å². The van der Waals surface area contributed by atoms with E-state index in [9.17, 15) is 44.8 Å². The highest BCUT2D eigenvalue weighted by atomic mass is 32.1. The zero-order valence-corrected chi connectivity index (χ0v) is 25.0. The number of Topliss-reactive ketones (excluding diaryl/α,β-unsaturated/α-hetero) is 1. The lowest BCUT2D eigenvalue weighted by Gasteiger charge is -2.03. The number of hydrogen-bond acceptors (Lipinski definition) is 16. The summed E-state index contributed by atoms with van der Waals surface area (Å²) in [5.41, 5.74) is -1.84. The zero-order chi connectivity index (χ0) is 35.1. The number of aromatic hydroxyl groups is 4. The molecule has 0 fully saturated rings. The monoisotopic (exact) mass is 681 g/mol. The van der Waals surface area contributed by atoms with Crippen LogP contribution in [-0.4, -0.2) is 64.8 Å². The number of benzene rings is 2. The van der Waals surface area contributed by atoms with Crippen LogP contribution in [0.25, 0.3) is 10.9 Å². The Morgan fingerprint density at radius 1 is 0.957 bits per heavy atom. The number of carbonyl (C=O) groups excluding carboxylic acids is 3. The summed E-state index contributed by atoms with van der Waals surface area (Å²) in [6.07, 6.45) is 4.82. The summed E-state index contributed by atoms with van der Waals surface area (Å²) in [4.78, 5) is 63.1. The average Bonchev–Trinajstić information content (AvgIpc) is 3.74. The van der Waals surface area contributed by atoms with Gasteiger partial charge in [0.25, 0.3) is 12.5 Å². The van der Waals surface area contributed by atoms with E-state index < -0.39 is 50.1 Å². The van der Waals surface area contributed by atoms with Crippen molar-refractivity contribution in [3.8, 4) is 29.1 Å². The molecule has 2 aromatic carbocycles. The van der Waals surface area contributed by atoms with Crippen molar-refractivity contribution in [1.82, 2.24) is 9.97 Å². The highest BCUT2D eigenvalue weighted by Crippen LogP contribution is 2.37. The van der Waals surface area contributed by atoms with Crippen molar-refractivity contribution in [2.45, 2.75) is 6.42 Å². The van der Waals surface area contributed by atoms with Crippen molar-refractivity contribution in [2.75, 3.05) is 11.9 Å². The van der Waals surface area contributed by atoms with Crippen molar-refractivity contribution in [3.63, 3.8) is 0 Å². The van der Waals surface area contributed by atoms with Gasteiger partial charge in [-0.1, -0.05) is 0 Å². The van der Waals surface area contributed by atoms with E-state index in [1.54, 1.807) is 17.6 Å². The minimum atomic E-state index is -0.895. The Hall–Kier alpha value is -6.77. The predicted molar refractivity (Wildman–Crippen MR) is 165 cm³/mol. The van der Waals surface area contributed by atoms with E-state index >= 15 is 0 Å². The molecule has 20 heteroatoms. The molecule has 18 nitrogen and oxygen atoms in total. The highest BCUT2D eigenvalue weighted by Gasteiger charge is 2.20. The summed E-state index contributed by atoms with van der Waals surface area (Å²) < 4.78 is 0. The van der Waals surface area contributed by atoms with Gasteiger partial charge in [0.1, 0.15) is 22.9 Å². The number of aromatic nitrogens is 2. The van der Waals surface area contributed by atoms with Gasteiger partial charge in [-0.2, -0.15) is 5.26 Å². The molecule has 0 spiro atoms. The Labute approximate surface area is 270 Å². The zero-order valence-electron chi connectivity index (χ0n) is 23.3. The summed E-state index contributed by atoms with van der Waals surface area (Å²) in [5.74, 6) is -3.96. The number of nitro groups is 2. The minimum Gasteiger partial charge on any atom is -0.504 e. The molecule has 47 heavy (non-hydrogen) atoms. The SMILES string of the molecule is N#C/C(=C\c1cc(O)c(O)c([N+](=O)[O-])c1)C(=O)Nc1nccs1.O=Cc1cc(O)c(O)c([N+](=O)[O-])c1.[C-]#[N+]CC(=O)Cc1nccs1. The van der Waals surface area contributed by atoms with Crippen LogP contribution in [0.5, 0.6) is 23.0 Å². The van der Waals surface area contributed by atoms with Crippen molar-refractivity contribution in [3.05, 3.63) is 101 Å². The lowest BCUT2D eigenvalue weighted by Crippen LogP contribution is -2.13. The number of amides is 1. The van der Waals surface area contributed by atoms with Gasteiger partial charge in [0.2, 0.25) is 17.3 Å². The number of ketones is 1. The Bertz CT molecular complexity index is 1900. The largest absolute Gasteiger partial charge is 0.504 e. The van der Waals surface area contributed by atoms with Crippen molar-refractivity contribution < 1.29 is 44.7 Å². The number of aldehydes is 1. The Morgan fingerprint density at radius 2 is 1.51 bits per heavy atom. The van der Waals surface area contributed by atoms with E-state index in [0.29, 0.717) is 12.7 Å². The molecule has 0 unspecified atom stereocenters. The summed E-state index contributed by atoms with van der Waals surface area (Å²) >= 11 is 2.60. The number of hydrogen-bond donors (Lipinski definition) is 5. The quantitative estimate of drug-likeness (QED) is 0.0317. The molecule has 5 N–H and O–H groups in total. The number of phenols is 4. The molecule has 0 aliphatic rings. The van der Waals surface area contributed by atoms with Crippen molar-refractivity contribution >= 4 is 63.2 Å². The second-order valence-electron chi connectivity index (χ2n) is 8.37. The number of rotatable bonds is 9. The third kappa shape index (κ3) is 11.0. The summed E-state index contributed by atoms with van der Waals surface area (Å²) in [6, 6.07) is 5.40. The first-order chi connectivity index (χ1) is 22.3. The molecule has 2 aromatic heterocycles. The number of nitro benzene ring substituents is 2. The van der Waals surface area contributed by atoms with Crippen LogP contribution in [0.1, 0.15) is 20.9 Å². The van der Waals surface area contributed by atoms with E-state index in [4.69, 9.17) is 22.0 Å². The molecular formula is C27H19N7O11S2. The van der Waals surface area contributed by atoms with Crippen LogP contribution in [0.4, 0.5) is 16.5 Å². The first-order valence-electron chi connectivity index (χ1n) is 12.2. The van der Waals surface area contributed by atoms with Gasteiger partial charge in [-0.05, 0) is 23.8 Å². The van der Waals surface area contributed by atoms with Crippen molar-refractivity contribution in [2.24, 2.45) is 0 Å². The Morgan fingerprint density at radius 3 is 1.98 bits per heavy atom. The fourth-order valence-corrected chi connectivity index (χ4v) is 4.27. The first kappa shape index (κ1) is 36.4. The molecule has 0 aliphatic carbocycles. The van der Waals surface area contributed by atoms with Gasteiger partial charge >= 0.3 is 11.4 Å². The second kappa shape index (κ2) is 17.5. The van der Waals surface area contributed by atoms with Crippen LogP contribution < -0.4 is 5.32 Å². The van der Waals surface area contributed by atoms with Crippen LogP contribution in [0.2, 0.25) is 0 Å². The molecule has 4 rings (SSSR count). The van der Waals surface area contributed by atoms with Crippen LogP contribution in [0.15, 0.2) is 53.0 Å². The van der Waals surface area contributed by atoms with Crippen LogP contribution in [0, 0.1) is 38.1 Å². The molecule has 0 aliphatic heterocycles. The molecule has 4 aromatic rings. The predicted octanol–water partition coefficient (Wildman–Crippen LogP) is 4.00. The Kier molecular flexibility index (Phi) is 13.6. The molecule has 0 bridgehead atoms.